The Morgan fingerprint density at radius 2 is 1.85 bits per heavy atom. The van der Waals surface area contributed by atoms with Crippen LogP contribution < -0.4 is 0 Å². The standard InChI is InChI=1S/C17H23NO2/c1-17(2,20)13-18(12-14-8-4-3-5-9-14)16(19)15-10-6-7-11-15/h3-9,15,20H,10-13H2,1-2H3. The first kappa shape index (κ1) is 14.8. The number of nitrogens with zero attached hydrogens (tertiary/aromatic N) is 1. The summed E-state index contributed by atoms with van der Waals surface area (Å²) in [4.78, 5) is 14.4. The molecule has 0 heterocycles. The summed E-state index contributed by atoms with van der Waals surface area (Å²) < 4.78 is 0. The number of hydrogen-bond acceptors (Lipinski definition) is 2. The van der Waals surface area contributed by atoms with Crippen LogP contribution in [0.4, 0.5) is 0 Å². The Bertz CT molecular complexity index is 466. The quantitative estimate of drug-likeness (QED) is 0.838. The SMILES string of the molecule is CC(C)(O)CN(Cc1ccccc1)C(=O)C1CC=CC1. The fourth-order valence-electron chi connectivity index (χ4n) is 2.56. The van der Waals surface area contributed by atoms with E-state index in [0.717, 1.165) is 18.4 Å². The Labute approximate surface area is 120 Å². The van der Waals surface area contributed by atoms with Crippen molar-refractivity contribution in [3.05, 3.63) is 48.0 Å². The normalized spacial score (nSPS) is 15.6. The smallest absolute Gasteiger partial charge is 0.226 e. The predicted molar refractivity (Wildman–Crippen MR) is 80.0 cm³/mol. The largest absolute Gasteiger partial charge is 0.389 e. The maximum absolute atomic E-state index is 12.6. The van der Waals surface area contributed by atoms with Gasteiger partial charge in [-0.3, -0.25) is 4.79 Å². The minimum absolute atomic E-state index is 0.0427. The highest BCUT2D eigenvalue weighted by Crippen LogP contribution is 2.22. The first-order valence-corrected chi connectivity index (χ1v) is 7.16. The number of rotatable bonds is 5. The molecule has 0 unspecified atom stereocenters. The van der Waals surface area contributed by atoms with Crippen molar-refractivity contribution in [2.24, 2.45) is 5.92 Å². The fraction of sp³-hybridized carbons (Fsp3) is 0.471. The molecule has 0 saturated carbocycles. The zero-order chi connectivity index (χ0) is 14.6. The van der Waals surface area contributed by atoms with Gasteiger partial charge in [0.1, 0.15) is 0 Å². The Kier molecular flexibility index (Phi) is 4.61. The van der Waals surface area contributed by atoms with Gasteiger partial charge in [0.25, 0.3) is 0 Å². The van der Waals surface area contributed by atoms with Crippen molar-refractivity contribution in [2.75, 3.05) is 6.54 Å². The summed E-state index contributed by atoms with van der Waals surface area (Å²) in [5, 5.41) is 10.0. The zero-order valence-electron chi connectivity index (χ0n) is 12.2. The second kappa shape index (κ2) is 6.23. The zero-order valence-corrected chi connectivity index (χ0v) is 12.2. The van der Waals surface area contributed by atoms with E-state index in [1.165, 1.54) is 0 Å². The van der Waals surface area contributed by atoms with Crippen LogP contribution in [-0.4, -0.2) is 28.1 Å². The topological polar surface area (TPSA) is 40.5 Å². The molecule has 0 aliphatic heterocycles. The highest BCUT2D eigenvalue weighted by Gasteiger charge is 2.28. The molecule has 1 aromatic rings. The highest BCUT2D eigenvalue weighted by molar-refractivity contribution is 5.79. The van der Waals surface area contributed by atoms with Crippen LogP contribution >= 0.6 is 0 Å². The van der Waals surface area contributed by atoms with Crippen LogP contribution in [0.1, 0.15) is 32.3 Å². The average Bonchev–Trinajstić information content (AvgIpc) is 2.90. The van der Waals surface area contributed by atoms with Crippen molar-refractivity contribution in [3.63, 3.8) is 0 Å². The van der Waals surface area contributed by atoms with Crippen LogP contribution in [0.25, 0.3) is 0 Å². The molecule has 2 rings (SSSR count). The first-order valence-electron chi connectivity index (χ1n) is 7.16. The minimum Gasteiger partial charge on any atom is -0.389 e. The minimum atomic E-state index is -0.878. The molecule has 3 heteroatoms. The number of allylic oxidation sites excluding steroid dienone is 2. The van der Waals surface area contributed by atoms with Crippen LogP contribution in [0.5, 0.6) is 0 Å². The number of carbonyl (C=O) groups is 1. The summed E-state index contributed by atoms with van der Waals surface area (Å²) in [6, 6.07) is 9.93. The van der Waals surface area contributed by atoms with E-state index in [9.17, 15) is 9.90 Å². The molecular formula is C17H23NO2. The molecule has 1 aliphatic rings. The Balaban J connectivity index is 2.09. The molecule has 0 aromatic heterocycles. The lowest BCUT2D eigenvalue weighted by Crippen LogP contribution is -2.44. The van der Waals surface area contributed by atoms with Crippen molar-refractivity contribution in [1.29, 1.82) is 0 Å². The molecule has 108 valence electrons. The lowest BCUT2D eigenvalue weighted by molar-refractivity contribution is -0.138. The summed E-state index contributed by atoms with van der Waals surface area (Å²) in [7, 11) is 0. The van der Waals surface area contributed by atoms with Gasteiger partial charge in [0.2, 0.25) is 5.91 Å². The lowest BCUT2D eigenvalue weighted by Gasteiger charge is -2.31. The molecule has 0 radical (unpaired) electrons. The van der Waals surface area contributed by atoms with E-state index >= 15 is 0 Å². The third-order valence-corrected chi connectivity index (χ3v) is 3.46. The van der Waals surface area contributed by atoms with Crippen LogP contribution in [0.2, 0.25) is 0 Å². The lowest BCUT2D eigenvalue weighted by atomic mass is 10.0. The number of amides is 1. The predicted octanol–water partition coefficient (Wildman–Crippen LogP) is 2.75. The maximum atomic E-state index is 12.6. The monoisotopic (exact) mass is 273 g/mol. The van der Waals surface area contributed by atoms with Gasteiger partial charge in [0.05, 0.1) is 5.60 Å². The summed E-state index contributed by atoms with van der Waals surface area (Å²) in [5.74, 6) is 0.182. The Morgan fingerprint density at radius 1 is 1.25 bits per heavy atom. The second-order valence-electron chi connectivity index (χ2n) is 6.13. The molecule has 1 aliphatic carbocycles. The fourth-order valence-corrected chi connectivity index (χ4v) is 2.56. The number of carbonyl (C=O) groups excluding carboxylic acids is 1. The molecule has 0 atom stereocenters. The van der Waals surface area contributed by atoms with Gasteiger partial charge in [0.15, 0.2) is 0 Å². The summed E-state index contributed by atoms with van der Waals surface area (Å²) in [6.07, 6.45) is 5.76. The summed E-state index contributed by atoms with van der Waals surface area (Å²) in [5.41, 5.74) is 0.215. The molecule has 3 nitrogen and oxygen atoms in total. The van der Waals surface area contributed by atoms with Crippen LogP contribution in [0.3, 0.4) is 0 Å². The van der Waals surface area contributed by atoms with Crippen LogP contribution in [-0.2, 0) is 11.3 Å². The Morgan fingerprint density at radius 3 is 2.40 bits per heavy atom. The van der Waals surface area contributed by atoms with Crippen molar-refractivity contribution in [3.8, 4) is 0 Å². The summed E-state index contributed by atoms with van der Waals surface area (Å²) >= 11 is 0. The third kappa shape index (κ3) is 4.20. The van der Waals surface area contributed by atoms with Crippen molar-refractivity contribution in [1.82, 2.24) is 4.90 Å². The van der Waals surface area contributed by atoms with E-state index in [2.05, 4.69) is 12.2 Å². The molecule has 0 fully saturated rings. The van der Waals surface area contributed by atoms with Crippen molar-refractivity contribution < 1.29 is 9.90 Å². The third-order valence-electron chi connectivity index (χ3n) is 3.46. The molecule has 0 saturated heterocycles. The van der Waals surface area contributed by atoms with Gasteiger partial charge >= 0.3 is 0 Å². The van der Waals surface area contributed by atoms with Gasteiger partial charge < -0.3 is 10.0 Å². The molecular weight excluding hydrogens is 250 g/mol. The van der Waals surface area contributed by atoms with Crippen molar-refractivity contribution in [2.45, 2.75) is 38.8 Å². The van der Waals surface area contributed by atoms with E-state index in [1.807, 2.05) is 30.3 Å². The first-order chi connectivity index (χ1) is 9.46. The maximum Gasteiger partial charge on any atom is 0.226 e. The number of aliphatic hydroxyl groups is 1. The van der Waals surface area contributed by atoms with Crippen molar-refractivity contribution >= 4 is 5.91 Å². The molecule has 1 amide bonds. The molecule has 0 bridgehead atoms. The van der Waals surface area contributed by atoms with Gasteiger partial charge in [-0.25, -0.2) is 0 Å². The van der Waals surface area contributed by atoms with E-state index in [1.54, 1.807) is 18.7 Å². The molecule has 20 heavy (non-hydrogen) atoms. The molecule has 1 aromatic carbocycles. The van der Waals surface area contributed by atoms with E-state index in [-0.39, 0.29) is 11.8 Å². The Hall–Kier alpha value is -1.61. The van der Waals surface area contributed by atoms with Gasteiger partial charge in [-0.1, -0.05) is 42.5 Å². The van der Waals surface area contributed by atoms with Crippen LogP contribution in [0.15, 0.2) is 42.5 Å². The average molecular weight is 273 g/mol. The van der Waals surface area contributed by atoms with Gasteiger partial charge in [-0.2, -0.15) is 0 Å². The highest BCUT2D eigenvalue weighted by atomic mass is 16.3. The van der Waals surface area contributed by atoms with E-state index < -0.39 is 5.60 Å². The van der Waals surface area contributed by atoms with Gasteiger partial charge in [-0.15, -0.1) is 0 Å². The summed E-state index contributed by atoms with van der Waals surface area (Å²) in [6.45, 7) is 4.40. The number of benzene rings is 1. The molecule has 0 spiro atoms. The second-order valence-corrected chi connectivity index (χ2v) is 6.13. The van der Waals surface area contributed by atoms with E-state index in [4.69, 9.17) is 0 Å². The molecule has 1 N–H and O–H groups in total. The van der Waals surface area contributed by atoms with Gasteiger partial charge in [-0.05, 0) is 32.3 Å². The number of hydrogen-bond donors (Lipinski definition) is 1. The van der Waals surface area contributed by atoms with Crippen LogP contribution in [0, 0.1) is 5.92 Å². The van der Waals surface area contributed by atoms with E-state index in [0.29, 0.717) is 13.1 Å². The van der Waals surface area contributed by atoms with Gasteiger partial charge in [0, 0.05) is 19.0 Å².